The number of hydrogen-bond donors (Lipinski definition) is 0. The van der Waals surface area contributed by atoms with Crippen LogP contribution in [0.25, 0.3) is 66.1 Å². The first-order valence-corrected chi connectivity index (χ1v) is 19.2. The van der Waals surface area contributed by atoms with Gasteiger partial charge in [0.2, 0.25) is 0 Å². The van der Waals surface area contributed by atoms with E-state index in [1.165, 1.54) is 65.6 Å². The van der Waals surface area contributed by atoms with E-state index in [4.69, 9.17) is 4.42 Å². The molecule has 1 aromatic heterocycles. The molecule has 1 aliphatic heterocycles. The fourth-order valence-corrected chi connectivity index (χ4v) is 10.1. The van der Waals surface area contributed by atoms with Gasteiger partial charge in [-0.2, -0.15) is 0 Å². The summed E-state index contributed by atoms with van der Waals surface area (Å²) in [5, 5.41) is 7.68. The van der Waals surface area contributed by atoms with Crippen LogP contribution in [0.15, 0.2) is 180 Å². The molecule has 2 nitrogen and oxygen atoms in total. The Morgan fingerprint density at radius 1 is 0.440 bits per heavy atom. The SMILES string of the molecule is C[Si+]1c2cccc(N(c3ccc(-c4ccc5ccccc5c4)cc3)c3cccc(-c4ccccc4)c3)c2-c2c1ccc1c2oc2ccccc21. The van der Waals surface area contributed by atoms with Gasteiger partial charge < -0.3 is 9.32 Å². The van der Waals surface area contributed by atoms with Gasteiger partial charge in [0, 0.05) is 27.7 Å². The molecule has 0 bridgehead atoms. The molecular formula is C47H32NOSi+. The van der Waals surface area contributed by atoms with Gasteiger partial charge in [0.15, 0.2) is 0 Å². The monoisotopic (exact) mass is 654 g/mol. The number of anilines is 3. The zero-order valence-electron chi connectivity index (χ0n) is 27.6. The number of furan rings is 1. The third kappa shape index (κ3) is 4.55. The average molecular weight is 655 g/mol. The molecule has 0 spiro atoms. The molecule has 0 saturated carbocycles. The lowest BCUT2D eigenvalue weighted by Gasteiger charge is -2.28. The fourth-order valence-electron chi connectivity index (χ4n) is 7.85. The highest BCUT2D eigenvalue weighted by molar-refractivity contribution is 6.89. The van der Waals surface area contributed by atoms with Gasteiger partial charge in [0.25, 0.3) is 0 Å². The van der Waals surface area contributed by atoms with Gasteiger partial charge in [-0.25, -0.2) is 0 Å². The van der Waals surface area contributed by atoms with Crippen molar-refractivity contribution in [3.05, 3.63) is 176 Å². The molecule has 0 fully saturated rings. The van der Waals surface area contributed by atoms with Crippen molar-refractivity contribution in [2.75, 3.05) is 4.90 Å². The number of para-hydroxylation sites is 1. The quantitative estimate of drug-likeness (QED) is 0.172. The summed E-state index contributed by atoms with van der Waals surface area (Å²) in [6.07, 6.45) is 0. The van der Waals surface area contributed by atoms with Gasteiger partial charge >= 0.3 is 8.80 Å². The minimum Gasteiger partial charge on any atom is -0.455 e. The highest BCUT2D eigenvalue weighted by atomic mass is 28.3. The van der Waals surface area contributed by atoms with E-state index in [2.05, 4.69) is 187 Å². The molecule has 50 heavy (non-hydrogen) atoms. The molecule has 234 valence electrons. The molecule has 8 aromatic carbocycles. The maximum atomic E-state index is 6.72. The van der Waals surface area contributed by atoms with Crippen molar-refractivity contribution < 1.29 is 4.42 Å². The van der Waals surface area contributed by atoms with E-state index in [-0.39, 0.29) is 0 Å². The largest absolute Gasteiger partial charge is 0.455 e. The van der Waals surface area contributed by atoms with Crippen molar-refractivity contribution >= 4 is 68.9 Å². The Balaban J connectivity index is 1.19. The second kappa shape index (κ2) is 11.5. The number of nitrogens with zero attached hydrogens (tertiary/aromatic N) is 1. The summed E-state index contributed by atoms with van der Waals surface area (Å²) in [6.45, 7) is 2.42. The summed E-state index contributed by atoms with van der Waals surface area (Å²) >= 11 is 0. The minimum atomic E-state index is -1.01. The Kier molecular flexibility index (Phi) is 6.61. The molecule has 0 radical (unpaired) electrons. The number of fused-ring (bicyclic) bond motifs is 8. The van der Waals surface area contributed by atoms with E-state index in [0.717, 1.165) is 27.9 Å². The molecule has 3 heteroatoms. The van der Waals surface area contributed by atoms with E-state index in [0.29, 0.717) is 0 Å². The molecule has 0 atom stereocenters. The molecule has 0 saturated heterocycles. The highest BCUT2D eigenvalue weighted by Gasteiger charge is 2.44. The number of rotatable bonds is 5. The first-order valence-electron chi connectivity index (χ1n) is 17.2. The van der Waals surface area contributed by atoms with Gasteiger partial charge in [-0.1, -0.05) is 115 Å². The first-order chi connectivity index (χ1) is 24.7. The van der Waals surface area contributed by atoms with E-state index in [9.17, 15) is 0 Å². The second-order valence-electron chi connectivity index (χ2n) is 13.1. The van der Waals surface area contributed by atoms with Crippen LogP contribution in [-0.4, -0.2) is 8.80 Å². The molecule has 2 heterocycles. The van der Waals surface area contributed by atoms with Crippen molar-refractivity contribution in [2.45, 2.75) is 6.55 Å². The van der Waals surface area contributed by atoms with Crippen molar-refractivity contribution in [1.29, 1.82) is 0 Å². The van der Waals surface area contributed by atoms with Crippen LogP contribution < -0.4 is 15.3 Å². The predicted octanol–water partition coefficient (Wildman–Crippen LogP) is 11.8. The molecule has 0 unspecified atom stereocenters. The van der Waals surface area contributed by atoms with E-state index >= 15 is 0 Å². The normalized spacial score (nSPS) is 12.1. The summed E-state index contributed by atoms with van der Waals surface area (Å²) in [5.41, 5.74) is 12.7. The van der Waals surface area contributed by atoms with Crippen LogP contribution in [-0.2, 0) is 0 Å². The van der Waals surface area contributed by atoms with Crippen molar-refractivity contribution in [3.63, 3.8) is 0 Å². The van der Waals surface area contributed by atoms with E-state index in [1.54, 1.807) is 0 Å². The lowest BCUT2D eigenvalue weighted by Crippen LogP contribution is -2.34. The van der Waals surface area contributed by atoms with Crippen LogP contribution in [0.2, 0.25) is 6.55 Å². The van der Waals surface area contributed by atoms with Crippen LogP contribution in [0, 0.1) is 0 Å². The van der Waals surface area contributed by atoms with Crippen molar-refractivity contribution in [2.24, 2.45) is 0 Å². The molecule has 0 N–H and O–H groups in total. The summed E-state index contributed by atoms with van der Waals surface area (Å²) in [6, 6.07) is 63.8. The van der Waals surface area contributed by atoms with Crippen LogP contribution in [0.3, 0.4) is 0 Å². The number of benzene rings is 8. The molecule has 0 amide bonds. The second-order valence-corrected chi connectivity index (χ2v) is 15.5. The van der Waals surface area contributed by atoms with Crippen LogP contribution in [0.1, 0.15) is 0 Å². The summed E-state index contributed by atoms with van der Waals surface area (Å²) in [5.74, 6) is 0. The van der Waals surface area contributed by atoms with Crippen molar-refractivity contribution in [1.82, 2.24) is 0 Å². The van der Waals surface area contributed by atoms with E-state index < -0.39 is 8.80 Å². The van der Waals surface area contributed by atoms with Crippen LogP contribution in [0.5, 0.6) is 0 Å². The molecule has 9 aromatic rings. The van der Waals surface area contributed by atoms with Gasteiger partial charge in [-0.3, -0.25) is 0 Å². The maximum Gasteiger partial charge on any atom is 0.388 e. The maximum absolute atomic E-state index is 6.72. The molecule has 1 aliphatic rings. The zero-order chi connectivity index (χ0) is 33.2. The lowest BCUT2D eigenvalue weighted by atomic mass is 9.98. The molecular weight excluding hydrogens is 623 g/mol. The van der Waals surface area contributed by atoms with Crippen LogP contribution in [0.4, 0.5) is 17.1 Å². The Labute approximate surface area is 293 Å². The zero-order valence-corrected chi connectivity index (χ0v) is 28.6. The third-order valence-electron chi connectivity index (χ3n) is 10.3. The Bertz CT molecular complexity index is 2730. The number of hydrogen-bond acceptors (Lipinski definition) is 2. The summed E-state index contributed by atoms with van der Waals surface area (Å²) < 4.78 is 6.72. The van der Waals surface area contributed by atoms with Gasteiger partial charge in [0.05, 0.1) is 17.8 Å². The third-order valence-corrected chi connectivity index (χ3v) is 12.8. The van der Waals surface area contributed by atoms with E-state index in [1.807, 2.05) is 0 Å². The Morgan fingerprint density at radius 2 is 1.12 bits per heavy atom. The lowest BCUT2D eigenvalue weighted by molar-refractivity contribution is 0.670. The minimum absolute atomic E-state index is 0.934. The highest BCUT2D eigenvalue weighted by Crippen LogP contribution is 2.46. The first kappa shape index (κ1) is 28.8. The van der Waals surface area contributed by atoms with Gasteiger partial charge in [0.1, 0.15) is 21.5 Å². The predicted molar refractivity (Wildman–Crippen MR) is 213 cm³/mol. The van der Waals surface area contributed by atoms with Gasteiger partial charge in [-0.15, -0.1) is 0 Å². The fraction of sp³-hybridized carbons (Fsp3) is 0.0213. The Hall–Kier alpha value is -6.16. The standard InChI is InChI=1S/C47H32NOSi/c1-50-43-20-10-18-41(45(43)46-44(50)28-27-40-39-17-7-8-19-42(39)49-47(40)46)48(38-16-9-15-35(30-38)31-11-3-2-4-12-31)37-25-23-33(24-26-37)36-22-21-32-13-5-6-14-34(32)29-36/h2-30H,1H3/q+1. The summed E-state index contributed by atoms with van der Waals surface area (Å²) in [7, 11) is -1.01. The smallest absolute Gasteiger partial charge is 0.388 e. The summed E-state index contributed by atoms with van der Waals surface area (Å²) in [4.78, 5) is 2.45. The molecule has 0 aliphatic carbocycles. The Morgan fingerprint density at radius 3 is 2.00 bits per heavy atom. The molecule has 10 rings (SSSR count). The topological polar surface area (TPSA) is 16.4 Å². The van der Waals surface area contributed by atoms with Crippen molar-refractivity contribution in [3.8, 4) is 33.4 Å². The van der Waals surface area contributed by atoms with Crippen LogP contribution >= 0.6 is 0 Å². The average Bonchev–Trinajstić information content (AvgIpc) is 3.71. The van der Waals surface area contributed by atoms with Gasteiger partial charge in [-0.05, 0) is 93.7 Å².